The Bertz CT molecular complexity index is 781. The number of para-hydroxylation sites is 1. The number of carbonyl (C=O) groups excluding carboxylic acids is 1. The molecule has 1 aromatic heterocycles. The summed E-state index contributed by atoms with van der Waals surface area (Å²) in [5, 5.41) is 6.71. The first-order valence-electron chi connectivity index (χ1n) is 8.54. The van der Waals surface area contributed by atoms with Crippen molar-refractivity contribution in [2.24, 2.45) is 5.92 Å². The topological polar surface area (TPSA) is 54.0 Å². The molecule has 0 saturated carbocycles. The monoisotopic (exact) mass is 333 g/mol. The van der Waals surface area contributed by atoms with Crippen LogP contribution in [0.2, 0.25) is 0 Å². The van der Waals surface area contributed by atoms with E-state index in [2.05, 4.69) is 29.1 Å². The molecule has 0 spiro atoms. The summed E-state index contributed by atoms with van der Waals surface area (Å²) in [6, 6.07) is 13.7. The third-order valence-electron chi connectivity index (χ3n) is 4.29. The Hall–Kier alpha value is -2.88. The number of hydrogen-bond donors (Lipinski definition) is 2. The molecule has 25 heavy (non-hydrogen) atoms. The van der Waals surface area contributed by atoms with Gasteiger partial charge in [0.05, 0.1) is 5.57 Å². The maximum atomic E-state index is 12.6. The average Bonchev–Trinajstić information content (AvgIpc) is 2.61. The molecule has 0 bridgehead atoms. The Morgan fingerprint density at radius 3 is 2.60 bits per heavy atom. The van der Waals surface area contributed by atoms with Crippen LogP contribution in [-0.4, -0.2) is 10.8 Å². The van der Waals surface area contributed by atoms with Crippen LogP contribution in [0.25, 0.3) is 0 Å². The van der Waals surface area contributed by atoms with Gasteiger partial charge in [0, 0.05) is 42.4 Å². The zero-order chi connectivity index (χ0) is 17.6. The van der Waals surface area contributed by atoms with Gasteiger partial charge < -0.3 is 10.6 Å². The summed E-state index contributed by atoms with van der Waals surface area (Å²) < 4.78 is 0. The van der Waals surface area contributed by atoms with Crippen LogP contribution in [0.5, 0.6) is 0 Å². The first kappa shape index (κ1) is 17.0. The molecule has 1 atom stereocenters. The Balaban J connectivity index is 1.81. The molecule has 1 aliphatic rings. The number of anilines is 1. The van der Waals surface area contributed by atoms with Crippen LogP contribution in [0, 0.1) is 5.92 Å². The van der Waals surface area contributed by atoms with E-state index in [1.165, 1.54) is 0 Å². The zero-order valence-corrected chi connectivity index (χ0v) is 14.5. The van der Waals surface area contributed by atoms with Gasteiger partial charge in [-0.2, -0.15) is 0 Å². The van der Waals surface area contributed by atoms with Crippen molar-refractivity contribution in [1.82, 2.24) is 10.3 Å². The molecule has 1 aliphatic carbocycles. The molecule has 0 saturated heterocycles. The van der Waals surface area contributed by atoms with Crippen LogP contribution in [0.3, 0.4) is 0 Å². The number of allylic oxidation sites excluding steroid dienone is 2. The van der Waals surface area contributed by atoms with Gasteiger partial charge in [-0.15, -0.1) is 0 Å². The van der Waals surface area contributed by atoms with E-state index in [9.17, 15) is 4.79 Å². The second-order valence-electron chi connectivity index (χ2n) is 6.47. The highest BCUT2D eigenvalue weighted by atomic mass is 16.1. The fourth-order valence-electron chi connectivity index (χ4n) is 3.09. The maximum absolute atomic E-state index is 12.6. The standard InChI is InChI=1S/C21H23N3O/c1-15-12-19(23-14-17-8-10-22-11-9-17)21(20(25)13-15)16(2)24-18-6-4-3-5-7-18/h3-11,15,23-24H,2,12-14H2,1H3. The number of ketones is 1. The fourth-order valence-corrected chi connectivity index (χ4v) is 3.09. The third-order valence-corrected chi connectivity index (χ3v) is 4.29. The van der Waals surface area contributed by atoms with Crippen molar-refractivity contribution >= 4 is 11.5 Å². The Morgan fingerprint density at radius 1 is 1.16 bits per heavy atom. The first-order valence-corrected chi connectivity index (χ1v) is 8.54. The molecule has 2 N–H and O–H groups in total. The molecule has 128 valence electrons. The van der Waals surface area contributed by atoms with E-state index in [4.69, 9.17) is 0 Å². The number of nitrogens with zero attached hydrogens (tertiary/aromatic N) is 1. The minimum absolute atomic E-state index is 0.143. The zero-order valence-electron chi connectivity index (χ0n) is 14.5. The van der Waals surface area contributed by atoms with E-state index in [0.29, 0.717) is 30.2 Å². The van der Waals surface area contributed by atoms with Crippen molar-refractivity contribution in [2.45, 2.75) is 26.3 Å². The quantitative estimate of drug-likeness (QED) is 0.837. The molecule has 0 fully saturated rings. The van der Waals surface area contributed by atoms with Crippen LogP contribution in [0.1, 0.15) is 25.3 Å². The minimum Gasteiger partial charge on any atom is -0.384 e. The summed E-state index contributed by atoms with van der Waals surface area (Å²) in [6.07, 6.45) is 4.96. The van der Waals surface area contributed by atoms with Crippen molar-refractivity contribution in [2.75, 3.05) is 5.32 Å². The van der Waals surface area contributed by atoms with Gasteiger partial charge in [0.2, 0.25) is 0 Å². The molecule has 1 aromatic carbocycles. The third kappa shape index (κ3) is 4.35. The molecule has 0 radical (unpaired) electrons. The van der Waals surface area contributed by atoms with E-state index in [-0.39, 0.29) is 5.78 Å². The summed E-state index contributed by atoms with van der Waals surface area (Å²) in [4.78, 5) is 16.7. The van der Waals surface area contributed by atoms with E-state index in [0.717, 1.165) is 23.4 Å². The summed E-state index contributed by atoms with van der Waals surface area (Å²) in [5.74, 6) is 0.477. The lowest BCUT2D eigenvalue weighted by Crippen LogP contribution is -2.28. The van der Waals surface area contributed by atoms with E-state index in [1.54, 1.807) is 12.4 Å². The number of aromatic nitrogens is 1. The summed E-state index contributed by atoms with van der Waals surface area (Å²) >= 11 is 0. The van der Waals surface area contributed by atoms with Gasteiger partial charge in [0.15, 0.2) is 5.78 Å². The molecule has 0 aliphatic heterocycles. The summed E-state index contributed by atoms with van der Waals surface area (Å²) in [6.45, 7) is 6.89. The Morgan fingerprint density at radius 2 is 1.88 bits per heavy atom. The van der Waals surface area contributed by atoms with Gasteiger partial charge in [-0.3, -0.25) is 9.78 Å². The van der Waals surface area contributed by atoms with Crippen LogP contribution >= 0.6 is 0 Å². The van der Waals surface area contributed by atoms with Crippen molar-refractivity contribution in [1.29, 1.82) is 0 Å². The normalized spacial score (nSPS) is 17.3. The number of benzene rings is 1. The molecule has 1 heterocycles. The number of rotatable bonds is 6. The predicted octanol–water partition coefficient (Wildman–Crippen LogP) is 4.05. The van der Waals surface area contributed by atoms with Crippen molar-refractivity contribution < 1.29 is 4.79 Å². The molecule has 3 rings (SSSR count). The van der Waals surface area contributed by atoms with Crippen LogP contribution in [0.4, 0.5) is 5.69 Å². The number of pyridine rings is 1. The summed E-state index contributed by atoms with van der Waals surface area (Å²) in [7, 11) is 0. The van der Waals surface area contributed by atoms with Crippen molar-refractivity contribution in [3.63, 3.8) is 0 Å². The largest absolute Gasteiger partial charge is 0.384 e. The molecular weight excluding hydrogens is 310 g/mol. The molecule has 0 amide bonds. The van der Waals surface area contributed by atoms with Crippen LogP contribution in [-0.2, 0) is 11.3 Å². The van der Waals surface area contributed by atoms with Crippen LogP contribution < -0.4 is 10.6 Å². The van der Waals surface area contributed by atoms with Gasteiger partial charge >= 0.3 is 0 Å². The lowest BCUT2D eigenvalue weighted by atomic mass is 9.86. The Kier molecular flexibility index (Phi) is 5.29. The van der Waals surface area contributed by atoms with Gasteiger partial charge in [-0.25, -0.2) is 0 Å². The minimum atomic E-state index is 0.143. The van der Waals surface area contributed by atoms with Gasteiger partial charge in [0.25, 0.3) is 0 Å². The molecule has 4 heteroatoms. The SMILES string of the molecule is C=C(Nc1ccccc1)C1=C(NCc2ccncc2)CC(C)CC1=O. The molecular formula is C21H23N3O. The van der Waals surface area contributed by atoms with E-state index < -0.39 is 0 Å². The number of Topliss-reactive ketones (excluding diaryl/α,β-unsaturated/α-hetero) is 1. The van der Waals surface area contributed by atoms with Crippen molar-refractivity contribution in [3.05, 3.63) is 84.0 Å². The number of hydrogen-bond acceptors (Lipinski definition) is 4. The molecule has 2 aromatic rings. The van der Waals surface area contributed by atoms with Gasteiger partial charge in [-0.05, 0) is 42.2 Å². The van der Waals surface area contributed by atoms with Crippen LogP contribution in [0.15, 0.2) is 78.4 Å². The smallest absolute Gasteiger partial charge is 0.166 e. The van der Waals surface area contributed by atoms with Gasteiger partial charge in [0.1, 0.15) is 0 Å². The summed E-state index contributed by atoms with van der Waals surface area (Å²) in [5.41, 5.74) is 4.37. The van der Waals surface area contributed by atoms with E-state index in [1.807, 2.05) is 42.5 Å². The predicted molar refractivity (Wildman–Crippen MR) is 101 cm³/mol. The highest BCUT2D eigenvalue weighted by molar-refractivity contribution is 6.01. The highest BCUT2D eigenvalue weighted by Crippen LogP contribution is 2.29. The number of nitrogens with one attached hydrogen (secondary N) is 2. The van der Waals surface area contributed by atoms with Crippen molar-refractivity contribution in [3.8, 4) is 0 Å². The van der Waals surface area contributed by atoms with E-state index >= 15 is 0 Å². The average molecular weight is 333 g/mol. The molecule has 4 nitrogen and oxygen atoms in total. The maximum Gasteiger partial charge on any atom is 0.166 e. The second-order valence-corrected chi connectivity index (χ2v) is 6.47. The van der Waals surface area contributed by atoms with Gasteiger partial charge in [-0.1, -0.05) is 31.7 Å². The lowest BCUT2D eigenvalue weighted by molar-refractivity contribution is -0.116. The first-order chi connectivity index (χ1) is 12.1. The molecule has 1 unspecified atom stereocenters. The lowest BCUT2D eigenvalue weighted by Gasteiger charge is -2.26. The number of carbonyl (C=O) groups is 1. The fraction of sp³-hybridized carbons (Fsp3) is 0.238. The Labute approximate surface area is 148 Å². The second kappa shape index (κ2) is 7.79. The highest BCUT2D eigenvalue weighted by Gasteiger charge is 2.27.